The molecule has 0 spiro atoms. The van der Waals surface area contributed by atoms with E-state index in [0.29, 0.717) is 19.8 Å². The van der Waals surface area contributed by atoms with Gasteiger partial charge in [-0.25, -0.2) is 13.6 Å². The number of nitrogens with zero attached hydrogens (tertiary/aromatic N) is 1. The smallest absolute Gasteiger partial charge is 0.224 e. The second-order valence-electron chi connectivity index (χ2n) is 4.22. The van der Waals surface area contributed by atoms with Crippen molar-refractivity contribution >= 4 is 15.9 Å². The molecule has 1 unspecified atom stereocenters. The molecule has 7 heteroatoms. The number of likely N-dealkylation sites (tertiary alicyclic amines) is 1. The van der Waals surface area contributed by atoms with Gasteiger partial charge < -0.3 is 9.64 Å². The fourth-order valence-electron chi connectivity index (χ4n) is 1.78. The Balaban J connectivity index is 2.29. The highest BCUT2D eigenvalue weighted by molar-refractivity contribution is 7.89. The zero-order valence-corrected chi connectivity index (χ0v) is 10.9. The van der Waals surface area contributed by atoms with Crippen LogP contribution in [0.1, 0.15) is 26.2 Å². The molecule has 1 atom stereocenters. The van der Waals surface area contributed by atoms with Gasteiger partial charge in [0, 0.05) is 32.7 Å². The average Bonchev–Trinajstić information content (AvgIpc) is 2.60. The molecule has 1 rings (SSSR count). The second-order valence-corrected chi connectivity index (χ2v) is 6.07. The normalized spacial score (nSPS) is 21.2. The van der Waals surface area contributed by atoms with E-state index < -0.39 is 15.3 Å². The van der Waals surface area contributed by atoms with Gasteiger partial charge in [-0.15, -0.1) is 0 Å². The molecule has 1 fully saturated rings. The lowest BCUT2D eigenvalue weighted by Gasteiger charge is -2.15. The van der Waals surface area contributed by atoms with Gasteiger partial charge in [0.05, 0.1) is 0 Å². The van der Waals surface area contributed by atoms with E-state index in [1.165, 1.54) is 0 Å². The van der Waals surface area contributed by atoms with Crippen LogP contribution in [0.2, 0.25) is 0 Å². The fraction of sp³-hybridized carbons (Fsp3) is 0.900. The van der Waals surface area contributed by atoms with Crippen LogP contribution in [0.15, 0.2) is 0 Å². The average molecular weight is 264 g/mol. The monoisotopic (exact) mass is 264 g/mol. The van der Waals surface area contributed by atoms with Crippen molar-refractivity contribution in [3.8, 4) is 0 Å². The Labute approximate surface area is 102 Å². The molecule has 6 nitrogen and oxygen atoms in total. The summed E-state index contributed by atoms with van der Waals surface area (Å²) < 4.78 is 27.5. The number of rotatable bonds is 7. The molecule has 17 heavy (non-hydrogen) atoms. The van der Waals surface area contributed by atoms with Gasteiger partial charge in [0.1, 0.15) is 5.25 Å². The Morgan fingerprint density at radius 1 is 1.47 bits per heavy atom. The zero-order valence-electron chi connectivity index (χ0n) is 10.1. The largest absolute Gasteiger partial charge is 0.381 e. The molecule has 2 N–H and O–H groups in total. The molecule has 100 valence electrons. The summed E-state index contributed by atoms with van der Waals surface area (Å²) in [5, 5.41) is 4.28. The topological polar surface area (TPSA) is 89.7 Å². The van der Waals surface area contributed by atoms with E-state index in [4.69, 9.17) is 9.88 Å². The van der Waals surface area contributed by atoms with Crippen molar-refractivity contribution in [1.29, 1.82) is 0 Å². The van der Waals surface area contributed by atoms with Gasteiger partial charge >= 0.3 is 0 Å². The number of hydrogen-bond acceptors (Lipinski definition) is 4. The number of carbonyl (C=O) groups excluding carboxylic acids is 1. The summed E-state index contributed by atoms with van der Waals surface area (Å²) in [6.07, 6.45) is 1.70. The zero-order chi connectivity index (χ0) is 12.9. The Morgan fingerprint density at radius 3 is 2.71 bits per heavy atom. The van der Waals surface area contributed by atoms with Gasteiger partial charge in [-0.1, -0.05) is 6.92 Å². The first-order valence-electron chi connectivity index (χ1n) is 5.82. The van der Waals surface area contributed by atoms with Crippen LogP contribution in [0.5, 0.6) is 0 Å². The number of amides is 1. The van der Waals surface area contributed by atoms with Gasteiger partial charge in [-0.2, -0.15) is 0 Å². The molecule has 0 saturated carbocycles. The third kappa shape index (κ3) is 4.61. The van der Waals surface area contributed by atoms with E-state index in [1.807, 2.05) is 6.92 Å². The van der Waals surface area contributed by atoms with E-state index in [-0.39, 0.29) is 18.9 Å². The molecule has 1 heterocycles. The first kappa shape index (κ1) is 14.4. The molecule has 0 aromatic carbocycles. The molecule has 1 aliphatic rings. The number of hydrogen-bond donors (Lipinski definition) is 1. The Kier molecular flexibility index (Phi) is 5.35. The SMILES string of the molecule is CCCOCCCN1CC(S(N)(=O)=O)CC1=O. The van der Waals surface area contributed by atoms with Crippen molar-refractivity contribution in [2.45, 2.75) is 31.4 Å². The highest BCUT2D eigenvalue weighted by Crippen LogP contribution is 2.16. The Hall–Kier alpha value is -0.660. The molecule has 0 aromatic rings. The van der Waals surface area contributed by atoms with E-state index in [0.717, 1.165) is 12.8 Å². The fourth-order valence-corrected chi connectivity index (χ4v) is 2.54. The first-order chi connectivity index (χ1) is 7.95. The summed E-state index contributed by atoms with van der Waals surface area (Å²) in [4.78, 5) is 13.1. The maximum Gasteiger partial charge on any atom is 0.224 e. The third-order valence-corrected chi connectivity index (χ3v) is 3.95. The van der Waals surface area contributed by atoms with Crippen molar-refractivity contribution in [3.63, 3.8) is 0 Å². The quantitative estimate of drug-likeness (QED) is 0.639. The lowest BCUT2D eigenvalue weighted by molar-refractivity contribution is -0.127. The molecular weight excluding hydrogens is 244 g/mol. The van der Waals surface area contributed by atoms with E-state index in [2.05, 4.69) is 0 Å². The van der Waals surface area contributed by atoms with Crippen molar-refractivity contribution in [2.75, 3.05) is 26.3 Å². The van der Waals surface area contributed by atoms with Crippen molar-refractivity contribution < 1.29 is 17.9 Å². The van der Waals surface area contributed by atoms with E-state index in [9.17, 15) is 13.2 Å². The van der Waals surface area contributed by atoms with Crippen LogP contribution in [-0.4, -0.2) is 50.8 Å². The van der Waals surface area contributed by atoms with Gasteiger partial charge in [-0.05, 0) is 12.8 Å². The van der Waals surface area contributed by atoms with Crippen LogP contribution in [-0.2, 0) is 19.6 Å². The molecular formula is C10H20N2O4S. The number of primary sulfonamides is 1. The minimum Gasteiger partial charge on any atom is -0.381 e. The number of ether oxygens (including phenoxy) is 1. The number of nitrogens with two attached hydrogens (primary N) is 1. The molecule has 1 aliphatic heterocycles. The predicted octanol–water partition coefficient (Wildman–Crippen LogP) is -0.307. The van der Waals surface area contributed by atoms with Gasteiger partial charge in [0.2, 0.25) is 15.9 Å². The summed E-state index contributed by atoms with van der Waals surface area (Å²) in [5.74, 6) is -0.139. The first-order valence-corrected chi connectivity index (χ1v) is 7.43. The van der Waals surface area contributed by atoms with Crippen LogP contribution in [0.4, 0.5) is 0 Å². The van der Waals surface area contributed by atoms with Crippen LogP contribution < -0.4 is 5.14 Å². The molecule has 0 aromatic heterocycles. The Bertz CT molecular complexity index is 355. The van der Waals surface area contributed by atoms with Crippen molar-refractivity contribution in [1.82, 2.24) is 4.90 Å². The van der Waals surface area contributed by atoms with Gasteiger partial charge in [0.15, 0.2) is 0 Å². The summed E-state index contributed by atoms with van der Waals surface area (Å²) >= 11 is 0. The summed E-state index contributed by atoms with van der Waals surface area (Å²) in [6, 6.07) is 0. The van der Waals surface area contributed by atoms with Crippen LogP contribution in [0, 0.1) is 0 Å². The van der Waals surface area contributed by atoms with Crippen LogP contribution in [0.25, 0.3) is 0 Å². The summed E-state index contributed by atoms with van der Waals surface area (Å²) in [5.41, 5.74) is 0. The van der Waals surface area contributed by atoms with Crippen LogP contribution >= 0.6 is 0 Å². The van der Waals surface area contributed by atoms with E-state index in [1.54, 1.807) is 4.90 Å². The summed E-state index contributed by atoms with van der Waals surface area (Å²) in [7, 11) is -3.60. The molecule has 1 amide bonds. The lowest BCUT2D eigenvalue weighted by Crippen LogP contribution is -2.32. The highest BCUT2D eigenvalue weighted by Gasteiger charge is 2.35. The maximum absolute atomic E-state index is 11.5. The maximum atomic E-state index is 11.5. The molecule has 0 radical (unpaired) electrons. The molecule has 1 saturated heterocycles. The number of carbonyl (C=O) groups is 1. The standard InChI is InChI=1S/C10H20N2O4S/c1-2-5-16-6-3-4-12-8-9(7-10(12)13)17(11,14)15/h9H,2-8H2,1H3,(H2,11,14,15). The van der Waals surface area contributed by atoms with Crippen molar-refractivity contribution in [3.05, 3.63) is 0 Å². The van der Waals surface area contributed by atoms with Crippen molar-refractivity contribution in [2.24, 2.45) is 5.14 Å². The van der Waals surface area contributed by atoms with Crippen LogP contribution in [0.3, 0.4) is 0 Å². The molecule has 0 aliphatic carbocycles. The summed E-state index contributed by atoms with van der Waals surface area (Å²) in [6.45, 7) is 4.09. The number of sulfonamides is 1. The minimum absolute atomic E-state index is 0.00858. The van der Waals surface area contributed by atoms with Gasteiger partial charge in [0.25, 0.3) is 0 Å². The third-order valence-electron chi connectivity index (χ3n) is 2.71. The van der Waals surface area contributed by atoms with E-state index >= 15 is 0 Å². The lowest BCUT2D eigenvalue weighted by atomic mass is 10.4. The second kappa shape index (κ2) is 6.32. The highest BCUT2D eigenvalue weighted by atomic mass is 32.2. The molecule has 0 bridgehead atoms. The minimum atomic E-state index is -3.60. The Morgan fingerprint density at radius 2 is 2.18 bits per heavy atom. The van der Waals surface area contributed by atoms with Gasteiger partial charge in [-0.3, -0.25) is 4.79 Å². The predicted molar refractivity (Wildman–Crippen MR) is 63.8 cm³/mol.